The van der Waals surface area contributed by atoms with Gasteiger partial charge in [0.15, 0.2) is 0 Å². The van der Waals surface area contributed by atoms with Gasteiger partial charge in [0.1, 0.15) is 5.76 Å². The molecule has 3 rings (SSSR count). The monoisotopic (exact) mass is 300 g/mol. The number of carbonyl (C=O) groups is 1. The largest absolute Gasteiger partial charge is 0.360 e. The Labute approximate surface area is 129 Å². The van der Waals surface area contributed by atoms with Crippen LogP contribution in [0, 0.1) is 5.92 Å². The van der Waals surface area contributed by atoms with Crippen LogP contribution in [-0.4, -0.2) is 39.0 Å². The van der Waals surface area contributed by atoms with E-state index in [0.717, 1.165) is 42.9 Å². The molecular weight excluding hydrogens is 280 g/mol. The highest BCUT2D eigenvalue weighted by Gasteiger charge is 2.29. The first-order valence-corrected chi connectivity index (χ1v) is 7.66. The molecule has 0 aromatic carbocycles. The van der Waals surface area contributed by atoms with Gasteiger partial charge < -0.3 is 9.42 Å². The summed E-state index contributed by atoms with van der Waals surface area (Å²) < 4.78 is 5.48. The van der Waals surface area contributed by atoms with Gasteiger partial charge >= 0.3 is 0 Å². The maximum Gasteiger partial charge on any atom is 0.225 e. The van der Waals surface area contributed by atoms with Crippen molar-refractivity contribution in [1.29, 1.82) is 0 Å². The van der Waals surface area contributed by atoms with Gasteiger partial charge in [-0.1, -0.05) is 19.0 Å². The molecule has 116 valence electrons. The Morgan fingerprint density at radius 3 is 2.68 bits per heavy atom. The Bertz CT molecular complexity index is 631. The van der Waals surface area contributed by atoms with E-state index < -0.39 is 0 Å². The molecule has 0 atom stereocenters. The molecule has 0 aliphatic carbocycles. The van der Waals surface area contributed by atoms with Gasteiger partial charge in [0.25, 0.3) is 0 Å². The first-order valence-electron chi connectivity index (χ1n) is 7.66. The van der Waals surface area contributed by atoms with Gasteiger partial charge in [0, 0.05) is 37.3 Å². The summed E-state index contributed by atoms with van der Waals surface area (Å²) in [6.45, 7) is 5.42. The fourth-order valence-electron chi connectivity index (χ4n) is 2.90. The molecule has 0 N–H and O–H groups in total. The van der Waals surface area contributed by atoms with Gasteiger partial charge in [-0.3, -0.25) is 14.8 Å². The molecule has 1 saturated heterocycles. The van der Waals surface area contributed by atoms with Crippen LogP contribution in [0.5, 0.6) is 0 Å². The van der Waals surface area contributed by atoms with Gasteiger partial charge in [-0.15, -0.1) is 0 Å². The Balaban J connectivity index is 1.73. The van der Waals surface area contributed by atoms with Gasteiger partial charge in [-0.25, -0.2) is 0 Å². The van der Waals surface area contributed by atoms with Crippen LogP contribution in [0.15, 0.2) is 29.3 Å². The minimum absolute atomic E-state index is 0.0528. The Morgan fingerprint density at radius 1 is 1.27 bits per heavy atom. The van der Waals surface area contributed by atoms with Gasteiger partial charge in [0.05, 0.1) is 23.7 Å². The molecule has 0 saturated carbocycles. The highest BCUT2D eigenvalue weighted by molar-refractivity contribution is 5.78. The van der Waals surface area contributed by atoms with Crippen molar-refractivity contribution in [3.63, 3.8) is 0 Å². The predicted octanol–water partition coefficient (Wildman–Crippen LogP) is 2.49. The quantitative estimate of drug-likeness (QED) is 0.871. The number of nitrogens with zero attached hydrogens (tertiary/aromatic N) is 4. The van der Waals surface area contributed by atoms with E-state index in [9.17, 15) is 4.79 Å². The zero-order valence-corrected chi connectivity index (χ0v) is 12.9. The number of rotatable bonds is 3. The van der Waals surface area contributed by atoms with Crippen molar-refractivity contribution in [3.8, 4) is 11.3 Å². The topological polar surface area (TPSA) is 72.1 Å². The van der Waals surface area contributed by atoms with Crippen molar-refractivity contribution in [2.24, 2.45) is 5.92 Å². The normalized spacial score (nSPS) is 16.2. The third-order valence-corrected chi connectivity index (χ3v) is 4.11. The summed E-state index contributed by atoms with van der Waals surface area (Å²) in [7, 11) is 0. The molecule has 1 amide bonds. The van der Waals surface area contributed by atoms with Crippen LogP contribution < -0.4 is 0 Å². The summed E-state index contributed by atoms with van der Waals surface area (Å²) in [6.07, 6.45) is 8.50. The maximum absolute atomic E-state index is 12.1. The highest BCUT2D eigenvalue weighted by Crippen LogP contribution is 2.34. The lowest BCUT2D eigenvalue weighted by molar-refractivity contribution is -0.135. The second kappa shape index (κ2) is 6.25. The summed E-state index contributed by atoms with van der Waals surface area (Å²) in [5.41, 5.74) is 1.68. The van der Waals surface area contributed by atoms with E-state index >= 15 is 0 Å². The smallest absolute Gasteiger partial charge is 0.225 e. The molecule has 0 bridgehead atoms. The van der Waals surface area contributed by atoms with Crippen LogP contribution >= 0.6 is 0 Å². The molecular formula is C16H20N4O2. The molecule has 2 aromatic rings. The van der Waals surface area contributed by atoms with Crippen molar-refractivity contribution >= 4 is 5.91 Å². The van der Waals surface area contributed by atoms with E-state index in [1.54, 1.807) is 24.8 Å². The van der Waals surface area contributed by atoms with E-state index in [0.29, 0.717) is 0 Å². The van der Waals surface area contributed by atoms with Crippen LogP contribution in [-0.2, 0) is 4.79 Å². The van der Waals surface area contributed by atoms with E-state index in [1.165, 1.54) is 0 Å². The van der Waals surface area contributed by atoms with Crippen LogP contribution in [0.1, 0.15) is 38.4 Å². The van der Waals surface area contributed by atoms with Gasteiger partial charge in [-0.05, 0) is 12.8 Å². The zero-order chi connectivity index (χ0) is 15.5. The summed E-state index contributed by atoms with van der Waals surface area (Å²) in [4.78, 5) is 22.4. The number of carbonyl (C=O) groups excluding carboxylic acids is 1. The standard InChI is InChI=1S/C16H20N4O2/c1-11(2)16(21)20-7-3-12(4-8-20)15-13(9-19-22-15)14-10-17-5-6-18-14/h5-6,9-12H,3-4,7-8H2,1-2H3. The van der Waals surface area contributed by atoms with Crippen LogP contribution in [0.25, 0.3) is 11.3 Å². The van der Waals surface area contributed by atoms with Crippen molar-refractivity contribution < 1.29 is 9.32 Å². The second-order valence-corrected chi connectivity index (χ2v) is 5.95. The predicted molar refractivity (Wildman–Crippen MR) is 80.9 cm³/mol. The Kier molecular flexibility index (Phi) is 4.18. The minimum atomic E-state index is 0.0528. The molecule has 3 heterocycles. The Morgan fingerprint density at radius 2 is 2.05 bits per heavy atom. The highest BCUT2D eigenvalue weighted by atomic mass is 16.5. The lowest BCUT2D eigenvalue weighted by Gasteiger charge is -2.32. The summed E-state index contributed by atoms with van der Waals surface area (Å²) >= 11 is 0. The first-order chi connectivity index (χ1) is 10.7. The lowest BCUT2D eigenvalue weighted by Crippen LogP contribution is -2.40. The molecule has 6 nitrogen and oxygen atoms in total. The molecule has 6 heteroatoms. The average molecular weight is 300 g/mol. The van der Waals surface area contributed by atoms with Crippen LogP contribution in [0.4, 0.5) is 0 Å². The third-order valence-electron chi connectivity index (χ3n) is 4.11. The molecule has 1 aliphatic rings. The van der Waals surface area contributed by atoms with Gasteiger partial charge in [0.2, 0.25) is 5.91 Å². The fourth-order valence-corrected chi connectivity index (χ4v) is 2.90. The number of hydrogen-bond donors (Lipinski definition) is 0. The minimum Gasteiger partial charge on any atom is -0.360 e. The summed E-state index contributed by atoms with van der Waals surface area (Å²) in [5, 5.41) is 3.93. The average Bonchev–Trinajstić information content (AvgIpc) is 3.04. The molecule has 2 aromatic heterocycles. The lowest BCUT2D eigenvalue weighted by atomic mass is 9.91. The molecule has 0 spiro atoms. The summed E-state index contributed by atoms with van der Waals surface area (Å²) in [6, 6.07) is 0. The SMILES string of the molecule is CC(C)C(=O)N1CCC(c2oncc2-c2cnccn2)CC1. The van der Waals surface area contributed by atoms with Crippen molar-refractivity contribution in [3.05, 3.63) is 30.5 Å². The first kappa shape index (κ1) is 14.7. The second-order valence-electron chi connectivity index (χ2n) is 5.95. The van der Waals surface area contributed by atoms with E-state index in [1.807, 2.05) is 18.7 Å². The van der Waals surface area contributed by atoms with E-state index in [-0.39, 0.29) is 17.7 Å². The van der Waals surface area contributed by atoms with Crippen LogP contribution in [0.2, 0.25) is 0 Å². The number of piperidine rings is 1. The number of likely N-dealkylation sites (tertiary alicyclic amines) is 1. The zero-order valence-electron chi connectivity index (χ0n) is 12.9. The number of hydrogen-bond acceptors (Lipinski definition) is 5. The Hall–Kier alpha value is -2.24. The molecule has 1 fully saturated rings. The number of amides is 1. The summed E-state index contributed by atoms with van der Waals surface area (Å²) in [5.74, 6) is 1.41. The maximum atomic E-state index is 12.1. The number of aromatic nitrogens is 3. The van der Waals surface area contributed by atoms with Crippen LogP contribution in [0.3, 0.4) is 0 Å². The molecule has 0 unspecified atom stereocenters. The van der Waals surface area contributed by atoms with E-state index in [4.69, 9.17) is 4.52 Å². The fraction of sp³-hybridized carbons (Fsp3) is 0.500. The van der Waals surface area contributed by atoms with Crippen molar-refractivity contribution in [2.75, 3.05) is 13.1 Å². The van der Waals surface area contributed by atoms with Crippen molar-refractivity contribution in [1.82, 2.24) is 20.0 Å². The van der Waals surface area contributed by atoms with Crippen molar-refractivity contribution in [2.45, 2.75) is 32.6 Å². The van der Waals surface area contributed by atoms with E-state index in [2.05, 4.69) is 15.1 Å². The molecule has 22 heavy (non-hydrogen) atoms. The molecule has 1 aliphatic heterocycles. The van der Waals surface area contributed by atoms with Gasteiger partial charge in [-0.2, -0.15) is 0 Å². The molecule has 0 radical (unpaired) electrons. The third kappa shape index (κ3) is 2.86.